The van der Waals surface area contributed by atoms with E-state index in [1.807, 2.05) is 0 Å². The summed E-state index contributed by atoms with van der Waals surface area (Å²) in [6.45, 7) is 2.23. The molecule has 0 spiro atoms. The SMILES string of the molecule is CNC(Cc1ccccc1C)C1(N(C)C)CCCCC1. The normalized spacial score (nSPS) is 20.1. The van der Waals surface area contributed by atoms with Gasteiger partial charge in [-0.15, -0.1) is 0 Å². The Labute approximate surface area is 124 Å². The summed E-state index contributed by atoms with van der Waals surface area (Å²) in [6, 6.07) is 9.34. The van der Waals surface area contributed by atoms with Gasteiger partial charge < -0.3 is 10.2 Å². The van der Waals surface area contributed by atoms with E-state index in [1.54, 1.807) is 0 Å². The Kier molecular flexibility index (Phi) is 5.22. The fraction of sp³-hybridized carbons (Fsp3) is 0.667. The van der Waals surface area contributed by atoms with Crippen LogP contribution in [0.4, 0.5) is 0 Å². The van der Waals surface area contributed by atoms with E-state index in [1.165, 1.54) is 43.2 Å². The zero-order chi connectivity index (χ0) is 14.6. The Morgan fingerprint density at radius 3 is 2.35 bits per heavy atom. The number of likely N-dealkylation sites (N-methyl/N-ethyl adjacent to an activating group) is 2. The van der Waals surface area contributed by atoms with Crippen LogP contribution < -0.4 is 5.32 Å². The summed E-state index contributed by atoms with van der Waals surface area (Å²) in [7, 11) is 6.64. The van der Waals surface area contributed by atoms with E-state index in [-0.39, 0.29) is 0 Å². The second-order valence-electron chi connectivity index (χ2n) is 6.53. The van der Waals surface area contributed by atoms with Crippen LogP contribution in [0.1, 0.15) is 43.2 Å². The maximum atomic E-state index is 3.63. The minimum absolute atomic E-state index is 0.315. The van der Waals surface area contributed by atoms with Crippen LogP contribution >= 0.6 is 0 Å². The fourth-order valence-electron chi connectivity index (χ4n) is 3.89. The van der Waals surface area contributed by atoms with Crippen LogP contribution in [-0.4, -0.2) is 37.6 Å². The van der Waals surface area contributed by atoms with Crippen LogP contribution in [0.3, 0.4) is 0 Å². The molecule has 1 atom stereocenters. The van der Waals surface area contributed by atoms with E-state index >= 15 is 0 Å². The fourth-order valence-corrected chi connectivity index (χ4v) is 3.89. The smallest absolute Gasteiger partial charge is 0.0359 e. The van der Waals surface area contributed by atoms with Gasteiger partial charge in [-0.2, -0.15) is 0 Å². The molecule has 2 heteroatoms. The lowest BCUT2D eigenvalue weighted by Gasteiger charge is -2.48. The molecule has 1 saturated carbocycles. The average molecular weight is 274 g/mol. The van der Waals surface area contributed by atoms with Crippen LogP contribution in [0.2, 0.25) is 0 Å². The molecule has 112 valence electrons. The molecule has 0 aliphatic heterocycles. The van der Waals surface area contributed by atoms with E-state index in [2.05, 4.69) is 62.5 Å². The first-order chi connectivity index (χ1) is 9.60. The average Bonchev–Trinajstić information content (AvgIpc) is 2.47. The summed E-state index contributed by atoms with van der Waals surface area (Å²) in [5, 5.41) is 3.63. The number of nitrogens with zero attached hydrogens (tertiary/aromatic N) is 1. The Hall–Kier alpha value is -0.860. The first-order valence-corrected chi connectivity index (χ1v) is 7.99. The molecule has 1 aliphatic rings. The summed E-state index contributed by atoms with van der Waals surface area (Å²) in [4.78, 5) is 2.48. The molecule has 1 aromatic carbocycles. The molecular weight excluding hydrogens is 244 g/mol. The van der Waals surface area contributed by atoms with Crippen molar-refractivity contribution >= 4 is 0 Å². The second-order valence-corrected chi connectivity index (χ2v) is 6.53. The van der Waals surface area contributed by atoms with Gasteiger partial charge in [0, 0.05) is 11.6 Å². The van der Waals surface area contributed by atoms with E-state index in [0.717, 1.165) is 6.42 Å². The summed E-state index contributed by atoms with van der Waals surface area (Å²) >= 11 is 0. The van der Waals surface area contributed by atoms with Crippen molar-refractivity contribution in [1.29, 1.82) is 0 Å². The highest BCUT2D eigenvalue weighted by molar-refractivity contribution is 5.27. The Morgan fingerprint density at radius 2 is 1.80 bits per heavy atom. The number of aryl methyl sites for hydroxylation is 1. The van der Waals surface area contributed by atoms with Crippen molar-refractivity contribution in [3.63, 3.8) is 0 Å². The Morgan fingerprint density at radius 1 is 1.15 bits per heavy atom. The molecule has 1 aromatic rings. The minimum Gasteiger partial charge on any atom is -0.315 e. The molecule has 0 amide bonds. The van der Waals surface area contributed by atoms with Crippen molar-refractivity contribution in [2.24, 2.45) is 0 Å². The van der Waals surface area contributed by atoms with Crippen molar-refractivity contribution in [3.8, 4) is 0 Å². The maximum absolute atomic E-state index is 3.63. The summed E-state index contributed by atoms with van der Waals surface area (Å²) in [6.07, 6.45) is 7.89. The first kappa shape index (κ1) is 15.5. The highest BCUT2D eigenvalue weighted by Crippen LogP contribution is 2.36. The standard InChI is InChI=1S/C18H30N2/c1-15-10-6-7-11-16(15)14-17(19-2)18(20(3)4)12-8-5-9-13-18/h6-7,10-11,17,19H,5,8-9,12-14H2,1-4H3. The first-order valence-electron chi connectivity index (χ1n) is 7.99. The number of nitrogens with one attached hydrogen (secondary N) is 1. The highest BCUT2D eigenvalue weighted by atomic mass is 15.2. The van der Waals surface area contributed by atoms with Gasteiger partial charge in [0.05, 0.1) is 0 Å². The van der Waals surface area contributed by atoms with Crippen molar-refractivity contribution < 1.29 is 0 Å². The lowest BCUT2D eigenvalue weighted by molar-refractivity contribution is 0.0598. The number of rotatable bonds is 5. The van der Waals surface area contributed by atoms with Gasteiger partial charge >= 0.3 is 0 Å². The molecule has 0 saturated heterocycles. The molecular formula is C18H30N2. The molecule has 20 heavy (non-hydrogen) atoms. The van der Waals surface area contributed by atoms with Gasteiger partial charge in [-0.05, 0) is 58.5 Å². The number of hydrogen-bond acceptors (Lipinski definition) is 2. The topological polar surface area (TPSA) is 15.3 Å². The van der Waals surface area contributed by atoms with E-state index < -0.39 is 0 Å². The van der Waals surface area contributed by atoms with Crippen molar-refractivity contribution in [2.75, 3.05) is 21.1 Å². The zero-order valence-electron chi connectivity index (χ0n) is 13.6. The molecule has 0 bridgehead atoms. The van der Waals surface area contributed by atoms with Crippen LogP contribution in [-0.2, 0) is 6.42 Å². The van der Waals surface area contributed by atoms with Gasteiger partial charge in [-0.3, -0.25) is 0 Å². The van der Waals surface area contributed by atoms with Crippen LogP contribution in [0.5, 0.6) is 0 Å². The third-order valence-electron chi connectivity index (χ3n) is 5.29. The minimum atomic E-state index is 0.315. The predicted octanol–water partition coefficient (Wildman–Crippen LogP) is 3.39. The second kappa shape index (κ2) is 6.73. The third kappa shape index (κ3) is 3.07. The lowest BCUT2D eigenvalue weighted by atomic mass is 9.73. The van der Waals surface area contributed by atoms with Gasteiger partial charge in [0.15, 0.2) is 0 Å². The molecule has 2 rings (SSSR count). The van der Waals surface area contributed by atoms with Crippen LogP contribution in [0.25, 0.3) is 0 Å². The van der Waals surface area contributed by atoms with Crippen molar-refractivity contribution in [2.45, 2.75) is 57.0 Å². The van der Waals surface area contributed by atoms with Gasteiger partial charge in [0.25, 0.3) is 0 Å². The van der Waals surface area contributed by atoms with Crippen LogP contribution in [0.15, 0.2) is 24.3 Å². The lowest BCUT2D eigenvalue weighted by Crippen LogP contribution is -2.60. The molecule has 1 aliphatic carbocycles. The number of benzene rings is 1. The zero-order valence-corrected chi connectivity index (χ0v) is 13.6. The number of hydrogen-bond donors (Lipinski definition) is 1. The van der Waals surface area contributed by atoms with Gasteiger partial charge in [-0.25, -0.2) is 0 Å². The van der Waals surface area contributed by atoms with Gasteiger partial charge in [0.2, 0.25) is 0 Å². The maximum Gasteiger partial charge on any atom is 0.0359 e. The molecule has 1 unspecified atom stereocenters. The third-order valence-corrected chi connectivity index (χ3v) is 5.29. The van der Waals surface area contributed by atoms with Crippen molar-refractivity contribution in [3.05, 3.63) is 35.4 Å². The van der Waals surface area contributed by atoms with E-state index in [9.17, 15) is 0 Å². The summed E-state index contributed by atoms with van der Waals surface area (Å²) in [5.41, 5.74) is 3.21. The van der Waals surface area contributed by atoms with Gasteiger partial charge in [-0.1, -0.05) is 43.5 Å². The molecule has 1 N–H and O–H groups in total. The monoisotopic (exact) mass is 274 g/mol. The Bertz CT molecular complexity index is 419. The molecule has 2 nitrogen and oxygen atoms in total. The molecule has 0 heterocycles. The van der Waals surface area contributed by atoms with Crippen molar-refractivity contribution in [1.82, 2.24) is 10.2 Å². The largest absolute Gasteiger partial charge is 0.315 e. The summed E-state index contributed by atoms with van der Waals surface area (Å²) < 4.78 is 0. The summed E-state index contributed by atoms with van der Waals surface area (Å²) in [5.74, 6) is 0. The molecule has 1 fully saturated rings. The molecule has 0 aromatic heterocycles. The predicted molar refractivity (Wildman–Crippen MR) is 87.2 cm³/mol. The highest BCUT2D eigenvalue weighted by Gasteiger charge is 2.40. The van der Waals surface area contributed by atoms with E-state index in [4.69, 9.17) is 0 Å². The Balaban J connectivity index is 2.23. The van der Waals surface area contributed by atoms with Crippen LogP contribution in [0, 0.1) is 6.92 Å². The van der Waals surface area contributed by atoms with E-state index in [0.29, 0.717) is 11.6 Å². The van der Waals surface area contributed by atoms with Gasteiger partial charge in [0.1, 0.15) is 0 Å². The molecule has 0 radical (unpaired) electrons. The quantitative estimate of drug-likeness (QED) is 0.885.